The average molecular weight is 286 g/mol. The van der Waals surface area contributed by atoms with Gasteiger partial charge in [-0.1, -0.05) is 48.5 Å². The molecule has 0 aromatic heterocycles. The topological polar surface area (TPSA) is 37.3 Å². The van der Waals surface area contributed by atoms with Gasteiger partial charge in [-0.2, -0.15) is 0 Å². The van der Waals surface area contributed by atoms with Gasteiger partial charge in [0.1, 0.15) is 0 Å². The quantitative estimate of drug-likeness (QED) is 0.556. The van der Waals surface area contributed by atoms with Crippen LogP contribution in [0.25, 0.3) is 0 Å². The van der Waals surface area contributed by atoms with Crippen LogP contribution in [0.3, 0.4) is 0 Å². The summed E-state index contributed by atoms with van der Waals surface area (Å²) in [4.78, 5) is 10.5. The normalized spacial score (nSPS) is 21.6. The molecule has 0 radical (unpaired) electrons. The highest BCUT2D eigenvalue weighted by atomic mass is 16.4. The Labute approximate surface area is 128 Å². The summed E-state index contributed by atoms with van der Waals surface area (Å²) in [5.74, 6) is -0.259. The molecule has 0 unspecified atom stereocenters. The Morgan fingerprint density at radius 2 is 1.95 bits per heavy atom. The van der Waals surface area contributed by atoms with Gasteiger partial charge >= 0.3 is 5.97 Å². The maximum absolute atomic E-state index is 10.5. The van der Waals surface area contributed by atoms with Crippen molar-refractivity contribution >= 4 is 5.97 Å². The number of rotatable bonds is 5. The number of carboxylic acids is 1. The highest BCUT2D eigenvalue weighted by Crippen LogP contribution is 2.30. The fourth-order valence-electron chi connectivity index (χ4n) is 2.57. The van der Waals surface area contributed by atoms with Gasteiger partial charge in [0.25, 0.3) is 0 Å². The molecular weight excluding hydrogens is 260 g/mol. The second-order valence-corrected chi connectivity index (χ2v) is 5.86. The lowest BCUT2D eigenvalue weighted by Gasteiger charge is -2.22. The lowest BCUT2D eigenvalue weighted by Crippen LogP contribution is -2.06. The summed E-state index contributed by atoms with van der Waals surface area (Å²) in [6, 6.07) is 0. The van der Waals surface area contributed by atoms with Gasteiger partial charge in [0.05, 0.1) is 0 Å². The Morgan fingerprint density at radius 3 is 2.57 bits per heavy atom. The van der Waals surface area contributed by atoms with E-state index in [-0.39, 0.29) is 0 Å². The van der Waals surface area contributed by atoms with Gasteiger partial charge in [0, 0.05) is 6.08 Å². The largest absolute Gasteiger partial charge is 0.478 e. The number of hydrogen-bond acceptors (Lipinski definition) is 1. The molecule has 1 atom stereocenters. The van der Waals surface area contributed by atoms with E-state index in [1.54, 1.807) is 13.0 Å². The summed E-state index contributed by atoms with van der Waals surface area (Å²) in [7, 11) is 0. The molecule has 21 heavy (non-hydrogen) atoms. The van der Waals surface area contributed by atoms with Crippen LogP contribution >= 0.6 is 0 Å². The van der Waals surface area contributed by atoms with Crippen molar-refractivity contribution in [3.63, 3.8) is 0 Å². The van der Waals surface area contributed by atoms with Crippen molar-refractivity contribution in [1.82, 2.24) is 0 Å². The molecule has 1 N–H and O–H groups in total. The molecule has 0 spiro atoms. The van der Waals surface area contributed by atoms with Crippen molar-refractivity contribution in [2.45, 2.75) is 47.0 Å². The Morgan fingerprint density at radius 1 is 1.24 bits per heavy atom. The number of hydrogen-bond donors (Lipinski definition) is 1. The monoisotopic (exact) mass is 286 g/mol. The van der Waals surface area contributed by atoms with Crippen molar-refractivity contribution in [3.05, 3.63) is 58.7 Å². The van der Waals surface area contributed by atoms with Gasteiger partial charge in [0.2, 0.25) is 0 Å². The molecule has 0 aliphatic heterocycles. The summed E-state index contributed by atoms with van der Waals surface area (Å²) in [6.45, 7) is 8.36. The predicted molar refractivity (Wildman–Crippen MR) is 89.1 cm³/mol. The second-order valence-electron chi connectivity index (χ2n) is 5.86. The average Bonchev–Trinajstić information content (AvgIpc) is 2.37. The standard InChI is InChI=1S/C19H26O2/c1-14(7-5-8-15(2)13-19(20)21)11-12-18-16(3)9-6-10-17(18)4/h5,7-8,11-13,16H,6,9-10H2,1-4H3,(H,20,21)/b8-5+,12-11+,14-7-,15-13+/t16-/m1/s1. The van der Waals surface area contributed by atoms with Crippen LogP contribution in [-0.2, 0) is 4.79 Å². The maximum Gasteiger partial charge on any atom is 0.328 e. The SMILES string of the molecule is CC1=C(/C=C/C(C)=C\C=C\C(C)=C\C(=O)O)[C@H](C)CCC1. The van der Waals surface area contributed by atoms with E-state index in [9.17, 15) is 4.79 Å². The minimum Gasteiger partial charge on any atom is -0.478 e. The van der Waals surface area contributed by atoms with Crippen LogP contribution in [0.5, 0.6) is 0 Å². The van der Waals surface area contributed by atoms with Crippen LogP contribution in [0, 0.1) is 5.92 Å². The summed E-state index contributed by atoms with van der Waals surface area (Å²) < 4.78 is 0. The minimum absolute atomic E-state index is 0.652. The zero-order chi connectivity index (χ0) is 15.8. The van der Waals surface area contributed by atoms with E-state index in [0.29, 0.717) is 5.92 Å². The molecule has 0 heterocycles. The van der Waals surface area contributed by atoms with Crippen LogP contribution in [0.15, 0.2) is 58.7 Å². The molecular formula is C19H26O2. The van der Waals surface area contributed by atoms with E-state index >= 15 is 0 Å². The van der Waals surface area contributed by atoms with Crippen molar-refractivity contribution in [2.75, 3.05) is 0 Å². The van der Waals surface area contributed by atoms with Gasteiger partial charge in [-0.3, -0.25) is 0 Å². The van der Waals surface area contributed by atoms with E-state index in [1.807, 2.05) is 12.2 Å². The molecule has 0 aromatic rings. The van der Waals surface area contributed by atoms with E-state index < -0.39 is 5.97 Å². The van der Waals surface area contributed by atoms with Gasteiger partial charge < -0.3 is 5.11 Å². The summed E-state index contributed by atoms with van der Waals surface area (Å²) in [6.07, 6.45) is 15.1. The van der Waals surface area contributed by atoms with E-state index in [4.69, 9.17) is 5.11 Å². The summed E-state index contributed by atoms with van der Waals surface area (Å²) in [5, 5.41) is 8.63. The molecule has 1 aliphatic carbocycles. The number of allylic oxidation sites excluding steroid dienone is 9. The molecule has 0 aromatic carbocycles. The van der Waals surface area contributed by atoms with Gasteiger partial charge in [-0.05, 0) is 57.1 Å². The fourth-order valence-corrected chi connectivity index (χ4v) is 2.57. The number of aliphatic carboxylic acids is 1. The highest BCUT2D eigenvalue weighted by Gasteiger charge is 2.14. The third-order valence-electron chi connectivity index (χ3n) is 3.81. The van der Waals surface area contributed by atoms with E-state index in [0.717, 1.165) is 11.1 Å². The van der Waals surface area contributed by atoms with E-state index in [2.05, 4.69) is 32.9 Å². The third-order valence-corrected chi connectivity index (χ3v) is 3.81. The molecule has 0 bridgehead atoms. The van der Waals surface area contributed by atoms with Gasteiger partial charge in [-0.15, -0.1) is 0 Å². The van der Waals surface area contributed by atoms with Gasteiger partial charge in [-0.25, -0.2) is 4.79 Å². The van der Waals surface area contributed by atoms with Crippen LogP contribution in [-0.4, -0.2) is 11.1 Å². The van der Waals surface area contributed by atoms with Crippen LogP contribution in [0.2, 0.25) is 0 Å². The lowest BCUT2D eigenvalue weighted by atomic mass is 9.84. The van der Waals surface area contributed by atoms with Gasteiger partial charge in [0.15, 0.2) is 0 Å². The molecule has 2 heteroatoms. The van der Waals surface area contributed by atoms with Crippen LogP contribution in [0.1, 0.15) is 47.0 Å². The molecule has 0 saturated carbocycles. The fraction of sp³-hybridized carbons (Fsp3) is 0.421. The van der Waals surface area contributed by atoms with Crippen molar-refractivity contribution in [1.29, 1.82) is 0 Å². The zero-order valence-electron chi connectivity index (χ0n) is 13.5. The smallest absolute Gasteiger partial charge is 0.328 e. The number of carboxylic acid groups (broad SMARTS) is 1. The second kappa shape index (κ2) is 8.46. The van der Waals surface area contributed by atoms with E-state index in [1.165, 1.54) is 36.5 Å². The number of carbonyl (C=O) groups is 1. The molecule has 1 rings (SSSR count). The zero-order valence-corrected chi connectivity index (χ0v) is 13.5. The first-order chi connectivity index (χ1) is 9.90. The molecule has 0 fully saturated rings. The van der Waals surface area contributed by atoms with Crippen molar-refractivity contribution < 1.29 is 9.90 Å². The molecule has 114 valence electrons. The summed E-state index contributed by atoms with van der Waals surface area (Å²) >= 11 is 0. The lowest BCUT2D eigenvalue weighted by molar-refractivity contribution is -0.131. The van der Waals surface area contributed by atoms with Crippen LogP contribution in [0.4, 0.5) is 0 Å². The molecule has 1 aliphatic rings. The first kappa shape index (κ1) is 17.2. The first-order valence-corrected chi connectivity index (χ1v) is 7.54. The summed E-state index contributed by atoms with van der Waals surface area (Å²) in [5.41, 5.74) is 4.87. The maximum atomic E-state index is 10.5. The Hall–Kier alpha value is -1.83. The Kier molecular flexibility index (Phi) is 6.93. The Balaban J connectivity index is 2.70. The molecule has 0 amide bonds. The van der Waals surface area contributed by atoms with Crippen LogP contribution < -0.4 is 0 Å². The molecule has 0 saturated heterocycles. The Bertz CT molecular complexity index is 528. The third kappa shape index (κ3) is 6.44. The first-order valence-electron chi connectivity index (χ1n) is 7.54. The minimum atomic E-state index is -0.911. The van der Waals surface area contributed by atoms with Crippen molar-refractivity contribution in [2.24, 2.45) is 5.92 Å². The predicted octanol–water partition coefficient (Wildman–Crippen LogP) is 5.21. The molecule has 2 nitrogen and oxygen atoms in total. The van der Waals surface area contributed by atoms with Crippen molar-refractivity contribution in [3.8, 4) is 0 Å². The highest BCUT2D eigenvalue weighted by molar-refractivity contribution is 5.81.